The average Bonchev–Trinajstić information content (AvgIpc) is 2.72. The normalized spacial score (nSPS) is 13.9. The van der Waals surface area contributed by atoms with E-state index < -0.39 is 15.4 Å². The second-order valence-corrected chi connectivity index (χ2v) is 8.49. The maximum absolute atomic E-state index is 12.2. The molecule has 1 unspecified atom stereocenters. The Labute approximate surface area is 170 Å². The summed E-state index contributed by atoms with van der Waals surface area (Å²) >= 11 is 0. The highest BCUT2D eigenvalue weighted by molar-refractivity contribution is 7.86. The van der Waals surface area contributed by atoms with Crippen molar-refractivity contribution in [1.82, 2.24) is 4.98 Å². The van der Waals surface area contributed by atoms with E-state index in [0.717, 1.165) is 17.1 Å². The van der Waals surface area contributed by atoms with Gasteiger partial charge in [-0.25, -0.2) is 0 Å². The molecule has 2 aromatic carbocycles. The maximum Gasteiger partial charge on any atom is 0.273 e. The van der Waals surface area contributed by atoms with Gasteiger partial charge in [0.2, 0.25) is 0 Å². The summed E-state index contributed by atoms with van der Waals surface area (Å²) in [5, 5.41) is -1.10. The number of nitrogens with zero attached hydrogens (tertiary/aromatic N) is 2. The van der Waals surface area contributed by atoms with Crippen molar-refractivity contribution in [3.8, 4) is 11.5 Å². The first-order valence-corrected chi connectivity index (χ1v) is 11.0. The van der Waals surface area contributed by atoms with Gasteiger partial charge in [-0.1, -0.05) is 37.3 Å². The number of pyridine rings is 1. The molecule has 0 saturated heterocycles. The molecule has 1 aromatic heterocycles. The van der Waals surface area contributed by atoms with Crippen LogP contribution >= 0.6 is 0 Å². The van der Waals surface area contributed by atoms with Crippen molar-refractivity contribution in [2.75, 3.05) is 11.4 Å². The number of benzene rings is 2. The standard InChI is InChI=1S/C22H22N2O4S/c1-2-16-8-7-9-17(23-16)22(29(25,26)27)14-15-24-18-10-3-5-12-20(18)28-21-13-6-4-11-19(21)24/h3-13,22H,2,14-15H2,1H3,(H,25,26,27). The van der Waals surface area contributed by atoms with Crippen LogP contribution in [-0.4, -0.2) is 24.5 Å². The number of para-hydroxylation sites is 4. The Hall–Kier alpha value is -2.90. The molecule has 0 fully saturated rings. The van der Waals surface area contributed by atoms with Gasteiger partial charge in [0, 0.05) is 12.2 Å². The maximum atomic E-state index is 12.2. The summed E-state index contributed by atoms with van der Waals surface area (Å²) in [6.07, 6.45) is 0.873. The third-order valence-corrected chi connectivity index (χ3v) is 6.22. The Morgan fingerprint density at radius 1 is 0.966 bits per heavy atom. The van der Waals surface area contributed by atoms with E-state index in [2.05, 4.69) is 4.98 Å². The number of anilines is 2. The van der Waals surface area contributed by atoms with Crippen LogP contribution in [0, 0.1) is 0 Å². The van der Waals surface area contributed by atoms with Gasteiger partial charge in [-0.3, -0.25) is 9.54 Å². The Balaban J connectivity index is 1.68. The van der Waals surface area contributed by atoms with Gasteiger partial charge in [0.25, 0.3) is 10.1 Å². The minimum Gasteiger partial charge on any atom is -0.453 e. The molecule has 7 heteroatoms. The first kappa shape index (κ1) is 19.4. The predicted octanol–water partition coefficient (Wildman–Crippen LogP) is 4.91. The van der Waals surface area contributed by atoms with Crippen LogP contribution in [0.2, 0.25) is 0 Å². The highest BCUT2D eigenvalue weighted by Crippen LogP contribution is 2.46. The van der Waals surface area contributed by atoms with Crippen molar-refractivity contribution >= 4 is 21.5 Å². The topological polar surface area (TPSA) is 79.7 Å². The van der Waals surface area contributed by atoms with Gasteiger partial charge in [-0.05, 0) is 49.2 Å². The molecule has 150 valence electrons. The Morgan fingerprint density at radius 2 is 1.59 bits per heavy atom. The molecule has 6 nitrogen and oxygen atoms in total. The summed E-state index contributed by atoms with van der Waals surface area (Å²) in [7, 11) is -4.32. The first-order chi connectivity index (χ1) is 14.0. The lowest BCUT2D eigenvalue weighted by atomic mass is 10.1. The molecule has 29 heavy (non-hydrogen) atoms. The first-order valence-electron chi connectivity index (χ1n) is 9.53. The summed E-state index contributed by atoms with van der Waals surface area (Å²) in [5.74, 6) is 1.42. The largest absolute Gasteiger partial charge is 0.453 e. The molecule has 0 bridgehead atoms. The van der Waals surface area contributed by atoms with Gasteiger partial charge in [0.15, 0.2) is 11.5 Å². The highest BCUT2D eigenvalue weighted by Gasteiger charge is 2.30. The molecule has 0 aliphatic carbocycles. The van der Waals surface area contributed by atoms with E-state index in [4.69, 9.17) is 4.74 Å². The van der Waals surface area contributed by atoms with Crippen LogP contribution < -0.4 is 9.64 Å². The second-order valence-electron chi connectivity index (χ2n) is 6.89. The van der Waals surface area contributed by atoms with Crippen LogP contribution in [0.15, 0.2) is 66.7 Å². The Bertz CT molecular complexity index is 1090. The van der Waals surface area contributed by atoms with Crippen molar-refractivity contribution in [3.63, 3.8) is 0 Å². The molecule has 0 spiro atoms. The second kappa shape index (κ2) is 7.85. The molecule has 1 aliphatic heterocycles. The summed E-state index contributed by atoms with van der Waals surface area (Å²) in [6, 6.07) is 20.5. The third kappa shape index (κ3) is 3.97. The third-order valence-electron chi connectivity index (χ3n) is 5.03. The Morgan fingerprint density at radius 3 is 2.17 bits per heavy atom. The zero-order chi connectivity index (χ0) is 20.4. The van der Waals surface area contributed by atoms with E-state index in [1.165, 1.54) is 0 Å². The van der Waals surface area contributed by atoms with Crippen molar-refractivity contribution < 1.29 is 17.7 Å². The van der Waals surface area contributed by atoms with Gasteiger partial charge < -0.3 is 9.64 Å². The van der Waals surface area contributed by atoms with Gasteiger partial charge in [-0.2, -0.15) is 8.42 Å². The fourth-order valence-corrected chi connectivity index (χ4v) is 4.43. The average molecular weight is 410 g/mol. The molecule has 0 radical (unpaired) electrons. The van der Waals surface area contributed by atoms with Crippen LogP contribution in [-0.2, 0) is 16.5 Å². The molecular formula is C22H22N2O4S. The number of aromatic nitrogens is 1. The van der Waals surface area contributed by atoms with Gasteiger partial charge in [0.1, 0.15) is 5.25 Å². The summed E-state index contributed by atoms with van der Waals surface area (Å²) in [6.45, 7) is 2.33. The lowest BCUT2D eigenvalue weighted by Gasteiger charge is -2.33. The quantitative estimate of drug-likeness (QED) is 0.582. The van der Waals surface area contributed by atoms with Gasteiger partial charge >= 0.3 is 0 Å². The number of ether oxygens (including phenoxy) is 1. The fraction of sp³-hybridized carbons (Fsp3) is 0.227. The number of fused-ring (bicyclic) bond motifs is 2. The van der Waals surface area contributed by atoms with E-state index >= 15 is 0 Å². The molecule has 2 heterocycles. The van der Waals surface area contributed by atoms with Crippen molar-refractivity contribution in [2.24, 2.45) is 0 Å². The van der Waals surface area contributed by atoms with E-state index in [1.54, 1.807) is 12.1 Å². The molecule has 4 rings (SSSR count). The zero-order valence-electron chi connectivity index (χ0n) is 16.0. The SMILES string of the molecule is CCc1cccc(C(CCN2c3ccccc3Oc3ccccc32)S(=O)(=O)O)n1. The number of hydrogen-bond acceptors (Lipinski definition) is 5. The van der Waals surface area contributed by atoms with E-state index in [9.17, 15) is 13.0 Å². The zero-order valence-corrected chi connectivity index (χ0v) is 16.8. The van der Waals surface area contributed by atoms with Gasteiger partial charge in [0.05, 0.1) is 17.1 Å². The van der Waals surface area contributed by atoms with E-state index in [-0.39, 0.29) is 6.42 Å². The lowest BCUT2D eigenvalue weighted by molar-refractivity contribution is 0.459. The smallest absolute Gasteiger partial charge is 0.273 e. The molecule has 3 aromatic rings. The molecule has 0 saturated carbocycles. The molecule has 1 N–H and O–H groups in total. The minimum absolute atomic E-state index is 0.182. The lowest BCUT2D eigenvalue weighted by Crippen LogP contribution is -2.26. The Kier molecular flexibility index (Phi) is 5.25. The predicted molar refractivity (Wildman–Crippen MR) is 112 cm³/mol. The number of aryl methyl sites for hydroxylation is 1. The van der Waals surface area contributed by atoms with Crippen molar-refractivity contribution in [1.29, 1.82) is 0 Å². The number of rotatable bonds is 6. The highest BCUT2D eigenvalue weighted by atomic mass is 32.2. The molecule has 0 amide bonds. The summed E-state index contributed by atoms with van der Waals surface area (Å²) in [4.78, 5) is 6.45. The van der Waals surface area contributed by atoms with Gasteiger partial charge in [-0.15, -0.1) is 0 Å². The summed E-state index contributed by atoms with van der Waals surface area (Å²) < 4.78 is 40.2. The molecule has 1 aliphatic rings. The van der Waals surface area contributed by atoms with Crippen LogP contribution in [0.25, 0.3) is 0 Å². The molecule has 1 atom stereocenters. The van der Waals surface area contributed by atoms with E-state index in [1.807, 2.05) is 66.4 Å². The van der Waals surface area contributed by atoms with Crippen molar-refractivity contribution in [3.05, 3.63) is 78.1 Å². The van der Waals surface area contributed by atoms with Crippen LogP contribution in [0.3, 0.4) is 0 Å². The van der Waals surface area contributed by atoms with E-state index in [0.29, 0.717) is 30.2 Å². The number of hydrogen-bond donors (Lipinski definition) is 1. The monoisotopic (exact) mass is 410 g/mol. The van der Waals surface area contributed by atoms with Crippen LogP contribution in [0.1, 0.15) is 30.0 Å². The minimum atomic E-state index is -4.32. The fourth-order valence-electron chi connectivity index (χ4n) is 3.59. The summed E-state index contributed by atoms with van der Waals surface area (Å²) in [5.41, 5.74) is 2.87. The van der Waals surface area contributed by atoms with Crippen LogP contribution in [0.5, 0.6) is 11.5 Å². The van der Waals surface area contributed by atoms with Crippen molar-refractivity contribution in [2.45, 2.75) is 25.0 Å². The molecular weight excluding hydrogens is 388 g/mol. The van der Waals surface area contributed by atoms with Crippen LogP contribution in [0.4, 0.5) is 11.4 Å².